The van der Waals surface area contributed by atoms with Gasteiger partial charge in [0, 0.05) is 37.8 Å². The van der Waals surface area contributed by atoms with Gasteiger partial charge in [0.1, 0.15) is 0 Å². The molecule has 0 aliphatic rings. The maximum Gasteiger partial charge on any atom is 0.191 e. The third-order valence-corrected chi connectivity index (χ3v) is 5.07. The van der Waals surface area contributed by atoms with Gasteiger partial charge in [0.05, 0.1) is 24.5 Å². The second-order valence-corrected chi connectivity index (χ2v) is 7.32. The first-order chi connectivity index (χ1) is 13.7. The predicted molar refractivity (Wildman–Crippen MR) is 133 cm³/mol. The molecular formula is C21H27IN6S. The normalized spacial score (nSPS) is 10.9. The molecule has 2 N–H and O–H groups in total. The fraction of sp³-hybridized carbons (Fsp3) is 0.286. The monoisotopic (exact) mass is 522 g/mol. The first-order valence-electron chi connectivity index (χ1n) is 9.30. The highest BCUT2D eigenvalue weighted by Gasteiger charge is 2.05. The minimum Gasteiger partial charge on any atom is -0.357 e. The average Bonchev–Trinajstić information content (AvgIpc) is 3.20. The van der Waals surface area contributed by atoms with Gasteiger partial charge in [-0.2, -0.15) is 0 Å². The molecule has 8 heteroatoms. The predicted octanol–water partition coefficient (Wildman–Crippen LogP) is 4.14. The van der Waals surface area contributed by atoms with E-state index in [-0.39, 0.29) is 24.0 Å². The Hall–Kier alpha value is -2.20. The lowest BCUT2D eigenvalue weighted by atomic mass is 10.1. The van der Waals surface area contributed by atoms with Gasteiger partial charge in [0.2, 0.25) is 0 Å². The van der Waals surface area contributed by atoms with Crippen molar-refractivity contribution in [1.29, 1.82) is 0 Å². The van der Waals surface area contributed by atoms with E-state index in [1.165, 1.54) is 0 Å². The summed E-state index contributed by atoms with van der Waals surface area (Å²) in [7, 11) is 4.00. The van der Waals surface area contributed by atoms with Crippen LogP contribution in [0.15, 0.2) is 59.0 Å². The Labute approximate surface area is 193 Å². The maximum atomic E-state index is 4.71. The Morgan fingerprint density at radius 1 is 1.14 bits per heavy atom. The number of nitrogens with one attached hydrogen (secondary N) is 2. The Morgan fingerprint density at radius 3 is 2.69 bits per heavy atom. The van der Waals surface area contributed by atoms with Crippen LogP contribution in [0.1, 0.15) is 18.2 Å². The summed E-state index contributed by atoms with van der Waals surface area (Å²) in [6.07, 6.45) is 1.81. The number of hydrogen-bond acceptors (Lipinski definition) is 5. The number of thiazole rings is 1. The number of hydrogen-bond donors (Lipinski definition) is 2. The van der Waals surface area contributed by atoms with Crippen LogP contribution >= 0.6 is 35.3 Å². The van der Waals surface area contributed by atoms with E-state index in [9.17, 15) is 0 Å². The molecule has 0 unspecified atom stereocenters. The fourth-order valence-electron chi connectivity index (χ4n) is 2.63. The Kier molecular flexibility index (Phi) is 9.33. The third kappa shape index (κ3) is 6.97. The average molecular weight is 522 g/mol. The van der Waals surface area contributed by atoms with Crippen LogP contribution in [0.3, 0.4) is 0 Å². The minimum absolute atomic E-state index is 0. The van der Waals surface area contributed by atoms with Gasteiger partial charge >= 0.3 is 0 Å². The van der Waals surface area contributed by atoms with E-state index in [0.29, 0.717) is 13.1 Å². The molecule has 0 spiro atoms. The molecule has 6 nitrogen and oxygen atoms in total. The zero-order valence-corrected chi connectivity index (χ0v) is 20.1. The highest BCUT2D eigenvalue weighted by Crippen LogP contribution is 2.19. The summed E-state index contributed by atoms with van der Waals surface area (Å²) in [5.41, 5.74) is 4.23. The van der Waals surface area contributed by atoms with E-state index in [1.54, 1.807) is 11.3 Å². The molecule has 1 aromatic carbocycles. The molecule has 3 rings (SSSR count). The van der Waals surface area contributed by atoms with E-state index < -0.39 is 0 Å². The summed E-state index contributed by atoms with van der Waals surface area (Å²) in [6, 6.07) is 14.3. The smallest absolute Gasteiger partial charge is 0.191 e. The summed E-state index contributed by atoms with van der Waals surface area (Å²) in [5, 5.41) is 9.73. The number of benzene rings is 1. The summed E-state index contributed by atoms with van der Waals surface area (Å²) >= 11 is 1.64. The van der Waals surface area contributed by atoms with E-state index in [0.717, 1.165) is 40.2 Å². The van der Waals surface area contributed by atoms with Crippen molar-refractivity contribution in [3.8, 4) is 11.3 Å². The van der Waals surface area contributed by atoms with E-state index >= 15 is 0 Å². The number of anilines is 1. The molecule has 29 heavy (non-hydrogen) atoms. The van der Waals surface area contributed by atoms with E-state index in [2.05, 4.69) is 51.1 Å². The van der Waals surface area contributed by atoms with E-state index in [4.69, 9.17) is 4.99 Å². The summed E-state index contributed by atoms with van der Waals surface area (Å²) in [5.74, 6) is 0.783. The molecule has 3 aromatic rings. The Balaban J connectivity index is 0.00000300. The second kappa shape index (κ2) is 11.7. The quantitative estimate of drug-likeness (QED) is 0.278. The van der Waals surface area contributed by atoms with Crippen molar-refractivity contribution < 1.29 is 0 Å². The lowest BCUT2D eigenvalue weighted by molar-refractivity contribution is 0.803. The summed E-state index contributed by atoms with van der Waals surface area (Å²) in [6.45, 7) is 4.10. The maximum absolute atomic E-state index is 4.71. The molecule has 2 aromatic heterocycles. The van der Waals surface area contributed by atoms with Gasteiger partial charge in [0.25, 0.3) is 0 Å². The third-order valence-electron chi connectivity index (χ3n) is 4.01. The first kappa shape index (κ1) is 23.1. The fourth-order valence-corrected chi connectivity index (χ4v) is 3.39. The van der Waals surface area contributed by atoms with Gasteiger partial charge in [-0.25, -0.2) is 9.98 Å². The van der Waals surface area contributed by atoms with Crippen LogP contribution in [-0.2, 0) is 13.1 Å². The molecule has 0 atom stereocenters. The molecule has 0 amide bonds. The lowest BCUT2D eigenvalue weighted by Crippen LogP contribution is -2.36. The lowest BCUT2D eigenvalue weighted by Gasteiger charge is -2.11. The molecular weight excluding hydrogens is 495 g/mol. The molecule has 0 saturated heterocycles. The number of rotatable bonds is 7. The number of nitrogens with zero attached hydrogens (tertiary/aromatic N) is 4. The number of aromatic nitrogens is 2. The van der Waals surface area contributed by atoms with Gasteiger partial charge < -0.3 is 15.5 Å². The summed E-state index contributed by atoms with van der Waals surface area (Å²) in [4.78, 5) is 15.8. The van der Waals surface area contributed by atoms with Gasteiger partial charge in [0.15, 0.2) is 11.1 Å². The van der Waals surface area contributed by atoms with Gasteiger partial charge in [-0.3, -0.25) is 4.98 Å². The van der Waals surface area contributed by atoms with Crippen molar-refractivity contribution in [2.45, 2.75) is 20.0 Å². The highest BCUT2D eigenvalue weighted by molar-refractivity contribution is 14.0. The molecule has 0 saturated carbocycles. The van der Waals surface area contributed by atoms with Gasteiger partial charge in [-0.05, 0) is 30.7 Å². The zero-order valence-electron chi connectivity index (χ0n) is 16.9. The molecule has 0 bridgehead atoms. The van der Waals surface area contributed by atoms with Crippen LogP contribution in [0.25, 0.3) is 11.3 Å². The number of halogens is 1. The Bertz CT molecular complexity index is 910. The largest absolute Gasteiger partial charge is 0.357 e. The van der Waals surface area contributed by atoms with Crippen molar-refractivity contribution in [2.75, 3.05) is 25.5 Å². The van der Waals surface area contributed by atoms with Crippen LogP contribution in [0.2, 0.25) is 0 Å². The molecule has 0 radical (unpaired) electrons. The SMILES string of the molecule is CCNC(=NCc1cccc(-c2ccccn2)c1)NCc1csc(N(C)C)n1.I. The van der Waals surface area contributed by atoms with Crippen molar-refractivity contribution >= 4 is 46.4 Å². The van der Waals surface area contributed by atoms with Crippen molar-refractivity contribution in [1.82, 2.24) is 20.6 Å². The molecule has 0 aliphatic heterocycles. The van der Waals surface area contributed by atoms with E-state index in [1.807, 2.05) is 49.5 Å². The molecule has 0 aliphatic carbocycles. The van der Waals surface area contributed by atoms with Crippen molar-refractivity contribution in [3.05, 3.63) is 65.3 Å². The first-order valence-corrected chi connectivity index (χ1v) is 10.2. The number of guanidine groups is 1. The minimum atomic E-state index is 0. The number of aliphatic imine (C=N–C) groups is 1. The highest BCUT2D eigenvalue weighted by atomic mass is 127. The van der Waals surface area contributed by atoms with Crippen LogP contribution in [0.5, 0.6) is 0 Å². The van der Waals surface area contributed by atoms with Crippen LogP contribution in [0, 0.1) is 0 Å². The van der Waals surface area contributed by atoms with Crippen LogP contribution < -0.4 is 15.5 Å². The molecule has 154 valence electrons. The van der Waals surface area contributed by atoms with Crippen molar-refractivity contribution in [2.24, 2.45) is 4.99 Å². The summed E-state index contributed by atoms with van der Waals surface area (Å²) < 4.78 is 0. The Morgan fingerprint density at radius 2 is 2.00 bits per heavy atom. The topological polar surface area (TPSA) is 65.4 Å². The second-order valence-electron chi connectivity index (χ2n) is 6.48. The van der Waals surface area contributed by atoms with Crippen LogP contribution in [0.4, 0.5) is 5.13 Å². The molecule has 0 fully saturated rings. The van der Waals surface area contributed by atoms with Gasteiger partial charge in [-0.15, -0.1) is 35.3 Å². The van der Waals surface area contributed by atoms with Crippen LogP contribution in [-0.4, -0.2) is 36.6 Å². The van der Waals surface area contributed by atoms with Gasteiger partial charge in [-0.1, -0.05) is 24.3 Å². The molecule has 2 heterocycles. The van der Waals surface area contributed by atoms with Crippen molar-refractivity contribution in [3.63, 3.8) is 0 Å². The number of pyridine rings is 1. The standard InChI is InChI=1S/C21H26N6S.HI/c1-4-22-20(25-14-18-15-28-21(26-18)27(2)3)24-13-16-8-7-9-17(12-16)19-10-5-6-11-23-19;/h5-12,15H,4,13-14H2,1-3H3,(H2,22,24,25);1H. The zero-order chi connectivity index (χ0) is 19.8.